The van der Waals surface area contributed by atoms with E-state index in [0.717, 1.165) is 28.3 Å². The number of thioether (sulfide) groups is 1. The first-order chi connectivity index (χ1) is 15.0. The Balaban J connectivity index is 1.43. The molecule has 0 aliphatic carbocycles. The number of methoxy groups -OCH3 is 1. The smallest absolute Gasteiger partial charge is 0.270 e. The van der Waals surface area contributed by atoms with Gasteiger partial charge in [-0.05, 0) is 65.7 Å². The van der Waals surface area contributed by atoms with Crippen LogP contribution in [0.25, 0.3) is 6.08 Å². The maximum Gasteiger partial charge on any atom is 0.270 e. The molecule has 4 nitrogen and oxygen atoms in total. The van der Waals surface area contributed by atoms with Crippen LogP contribution >= 0.6 is 35.6 Å². The molecule has 0 aromatic heterocycles. The Kier molecular flexibility index (Phi) is 6.61. The van der Waals surface area contributed by atoms with Crippen molar-refractivity contribution in [2.45, 2.75) is 6.61 Å². The number of ether oxygens (including phenoxy) is 2. The number of carbonyl (C=O) groups excluding carboxylic acids is 1. The lowest BCUT2D eigenvalue weighted by atomic mass is 10.2. The lowest BCUT2D eigenvalue weighted by Crippen LogP contribution is -2.27. The zero-order chi connectivity index (χ0) is 21.8. The zero-order valence-electron chi connectivity index (χ0n) is 16.6. The fourth-order valence-corrected chi connectivity index (χ4v) is 4.41. The maximum absolute atomic E-state index is 12.9. The zero-order valence-corrected chi connectivity index (χ0v) is 19.0. The van der Waals surface area contributed by atoms with Crippen LogP contribution in [0.4, 0.5) is 5.69 Å². The summed E-state index contributed by atoms with van der Waals surface area (Å²) < 4.78 is 11.5. The summed E-state index contributed by atoms with van der Waals surface area (Å²) in [5, 5.41) is 0.700. The summed E-state index contributed by atoms with van der Waals surface area (Å²) in [6.45, 7) is 0.455. The van der Waals surface area contributed by atoms with E-state index in [1.807, 2.05) is 66.7 Å². The van der Waals surface area contributed by atoms with Crippen molar-refractivity contribution in [2.24, 2.45) is 0 Å². The minimum atomic E-state index is -0.136. The van der Waals surface area contributed by atoms with E-state index < -0.39 is 0 Å². The molecule has 1 heterocycles. The number of halogens is 1. The number of anilines is 1. The van der Waals surface area contributed by atoms with Crippen molar-refractivity contribution in [3.05, 3.63) is 93.9 Å². The first-order valence-electron chi connectivity index (χ1n) is 9.43. The molecule has 0 saturated carbocycles. The number of thiocarbonyl (C=S) groups is 1. The van der Waals surface area contributed by atoms with Gasteiger partial charge in [0.25, 0.3) is 5.91 Å². The van der Waals surface area contributed by atoms with Gasteiger partial charge in [0.2, 0.25) is 0 Å². The molecular weight excluding hydrogens is 450 g/mol. The highest BCUT2D eigenvalue weighted by Crippen LogP contribution is 2.36. The second-order valence-electron chi connectivity index (χ2n) is 6.70. The summed E-state index contributed by atoms with van der Waals surface area (Å²) in [6, 6.07) is 22.4. The highest BCUT2D eigenvalue weighted by Gasteiger charge is 2.33. The quantitative estimate of drug-likeness (QED) is 0.312. The van der Waals surface area contributed by atoms with Gasteiger partial charge in [0.1, 0.15) is 18.1 Å². The lowest BCUT2D eigenvalue weighted by Gasteiger charge is -2.14. The molecule has 1 saturated heterocycles. The van der Waals surface area contributed by atoms with Gasteiger partial charge in [0.15, 0.2) is 4.32 Å². The monoisotopic (exact) mass is 467 g/mol. The molecule has 0 spiro atoms. The van der Waals surface area contributed by atoms with E-state index in [1.54, 1.807) is 19.2 Å². The minimum Gasteiger partial charge on any atom is -0.497 e. The van der Waals surface area contributed by atoms with Gasteiger partial charge in [-0.15, -0.1) is 0 Å². The van der Waals surface area contributed by atoms with Crippen LogP contribution in [0.2, 0.25) is 5.02 Å². The predicted molar refractivity (Wildman–Crippen MR) is 131 cm³/mol. The van der Waals surface area contributed by atoms with E-state index in [4.69, 9.17) is 33.3 Å². The number of amides is 1. The third-order valence-electron chi connectivity index (χ3n) is 4.62. The first kappa shape index (κ1) is 21.4. The van der Waals surface area contributed by atoms with E-state index in [1.165, 1.54) is 16.7 Å². The second kappa shape index (κ2) is 9.56. The van der Waals surface area contributed by atoms with Crippen LogP contribution in [-0.4, -0.2) is 17.3 Å². The van der Waals surface area contributed by atoms with Crippen molar-refractivity contribution in [3.8, 4) is 11.5 Å². The van der Waals surface area contributed by atoms with Crippen molar-refractivity contribution >= 4 is 57.6 Å². The molecule has 3 aromatic rings. The van der Waals surface area contributed by atoms with Gasteiger partial charge in [0, 0.05) is 5.02 Å². The third-order valence-corrected chi connectivity index (χ3v) is 6.18. The molecule has 0 bridgehead atoms. The van der Waals surface area contributed by atoms with E-state index in [9.17, 15) is 4.79 Å². The van der Waals surface area contributed by atoms with Gasteiger partial charge in [-0.25, -0.2) is 0 Å². The molecule has 1 amide bonds. The average Bonchev–Trinajstić information content (AvgIpc) is 3.07. The average molecular weight is 468 g/mol. The van der Waals surface area contributed by atoms with Crippen molar-refractivity contribution < 1.29 is 14.3 Å². The highest BCUT2D eigenvalue weighted by atomic mass is 35.5. The number of carbonyl (C=O) groups is 1. The third kappa shape index (κ3) is 5.10. The fourth-order valence-electron chi connectivity index (χ4n) is 2.98. The number of hydrogen-bond acceptors (Lipinski definition) is 5. The van der Waals surface area contributed by atoms with Crippen LogP contribution in [0.3, 0.4) is 0 Å². The van der Waals surface area contributed by atoms with Crippen LogP contribution in [0.5, 0.6) is 11.5 Å². The van der Waals surface area contributed by atoms with Gasteiger partial charge in [-0.2, -0.15) is 0 Å². The lowest BCUT2D eigenvalue weighted by molar-refractivity contribution is -0.113. The largest absolute Gasteiger partial charge is 0.497 e. The second-order valence-corrected chi connectivity index (χ2v) is 8.81. The van der Waals surface area contributed by atoms with Gasteiger partial charge in [0.05, 0.1) is 17.7 Å². The standard InChI is InChI=1S/C24H18ClNO3S2/c1-28-20-12-8-19(9-13-20)26-23(27)22(31-24(26)30)14-16-4-10-21(11-5-16)29-15-17-2-6-18(25)7-3-17/h2-14H,15H2,1H3. The molecule has 1 fully saturated rings. The summed E-state index contributed by atoms with van der Waals surface area (Å²) in [5.41, 5.74) is 2.66. The van der Waals surface area contributed by atoms with Crippen LogP contribution in [0.1, 0.15) is 11.1 Å². The Hall–Kier alpha value is -2.80. The Morgan fingerprint density at radius 3 is 2.26 bits per heavy atom. The van der Waals surface area contributed by atoms with Crippen LogP contribution in [0.15, 0.2) is 77.7 Å². The van der Waals surface area contributed by atoms with Gasteiger partial charge < -0.3 is 9.47 Å². The molecule has 0 unspecified atom stereocenters. The van der Waals surface area contributed by atoms with Crippen molar-refractivity contribution in [1.29, 1.82) is 0 Å². The number of nitrogens with zero attached hydrogens (tertiary/aromatic N) is 1. The predicted octanol–water partition coefficient (Wildman–Crippen LogP) is 6.33. The molecule has 31 heavy (non-hydrogen) atoms. The Labute approximate surface area is 195 Å². The van der Waals surface area contributed by atoms with Crippen molar-refractivity contribution in [1.82, 2.24) is 0 Å². The first-order valence-corrected chi connectivity index (χ1v) is 11.0. The topological polar surface area (TPSA) is 38.8 Å². The Bertz CT molecular complexity index is 1130. The van der Waals surface area contributed by atoms with Crippen molar-refractivity contribution in [3.63, 3.8) is 0 Å². The van der Waals surface area contributed by atoms with Gasteiger partial charge in [-0.3, -0.25) is 9.69 Å². The SMILES string of the molecule is COc1ccc(N2C(=O)C(=Cc3ccc(OCc4ccc(Cl)cc4)cc3)SC2=S)cc1. The van der Waals surface area contributed by atoms with Crippen LogP contribution in [0, 0.1) is 0 Å². The van der Waals surface area contributed by atoms with E-state index >= 15 is 0 Å². The molecular formula is C24H18ClNO3S2. The van der Waals surface area contributed by atoms with Crippen LogP contribution < -0.4 is 14.4 Å². The summed E-state index contributed by atoms with van der Waals surface area (Å²) in [7, 11) is 1.60. The molecule has 0 radical (unpaired) electrons. The molecule has 1 aliphatic rings. The fraction of sp³-hybridized carbons (Fsp3) is 0.0833. The number of hydrogen-bond donors (Lipinski definition) is 0. The summed E-state index contributed by atoms with van der Waals surface area (Å²) in [5.74, 6) is 1.34. The van der Waals surface area contributed by atoms with E-state index in [-0.39, 0.29) is 5.91 Å². The number of benzene rings is 3. The van der Waals surface area contributed by atoms with E-state index in [0.29, 0.717) is 20.9 Å². The number of rotatable bonds is 6. The molecule has 1 aliphatic heterocycles. The molecule has 3 aromatic carbocycles. The molecule has 4 rings (SSSR count). The Morgan fingerprint density at radius 1 is 0.968 bits per heavy atom. The van der Waals surface area contributed by atoms with Crippen LogP contribution in [-0.2, 0) is 11.4 Å². The maximum atomic E-state index is 12.9. The minimum absolute atomic E-state index is 0.136. The normalized spacial score (nSPS) is 14.9. The highest BCUT2D eigenvalue weighted by molar-refractivity contribution is 8.27. The molecule has 0 N–H and O–H groups in total. The summed E-state index contributed by atoms with van der Waals surface area (Å²) in [6.07, 6.45) is 1.84. The van der Waals surface area contributed by atoms with E-state index in [2.05, 4.69) is 0 Å². The molecule has 7 heteroatoms. The summed E-state index contributed by atoms with van der Waals surface area (Å²) in [4.78, 5) is 15.0. The van der Waals surface area contributed by atoms with Crippen molar-refractivity contribution in [2.75, 3.05) is 12.0 Å². The van der Waals surface area contributed by atoms with Gasteiger partial charge >= 0.3 is 0 Å². The van der Waals surface area contributed by atoms with Gasteiger partial charge in [-0.1, -0.05) is 59.8 Å². The Morgan fingerprint density at radius 2 is 1.61 bits per heavy atom. The summed E-state index contributed by atoms with van der Waals surface area (Å²) >= 11 is 12.6. The molecule has 156 valence electrons. The molecule has 0 atom stereocenters.